The maximum Gasteiger partial charge on any atom is 0.0283 e. The lowest BCUT2D eigenvalue weighted by atomic mass is 10.1. The van der Waals surface area contributed by atoms with Gasteiger partial charge in [0.2, 0.25) is 0 Å². The third-order valence-electron chi connectivity index (χ3n) is 2.12. The highest BCUT2D eigenvalue weighted by Crippen LogP contribution is 2.35. The second-order valence-corrected chi connectivity index (χ2v) is 4.45. The maximum absolute atomic E-state index is 3.98. The van der Waals surface area contributed by atoms with Gasteiger partial charge in [0.05, 0.1) is 0 Å². The fraction of sp³-hybridized carbons (Fsp3) is 0.0909. The first-order chi connectivity index (χ1) is 6.22. The number of fused-ring (bicyclic) bond motifs is 1. The van der Waals surface area contributed by atoms with Crippen LogP contribution in [0, 0.1) is 0 Å². The average Bonchev–Trinajstić information content (AvgIpc) is 2.48. The molecule has 0 saturated carbocycles. The zero-order chi connectivity index (χ0) is 9.42. The van der Waals surface area contributed by atoms with E-state index >= 15 is 0 Å². The Labute approximate surface area is 94.6 Å². The van der Waals surface area contributed by atoms with Crippen LogP contribution in [0.3, 0.4) is 0 Å². The Morgan fingerprint density at radius 1 is 1.23 bits per heavy atom. The van der Waals surface area contributed by atoms with Crippen molar-refractivity contribution < 1.29 is 0 Å². The number of hydrogen-bond donors (Lipinski definition) is 0. The number of alkyl halides is 1. The summed E-state index contributed by atoms with van der Waals surface area (Å²) in [6, 6.07) is 4.31. The monoisotopic (exact) mass is 298 g/mol. The van der Waals surface area contributed by atoms with Crippen LogP contribution in [-0.4, -0.2) is 0 Å². The molecule has 1 aliphatic carbocycles. The zero-order valence-corrected chi connectivity index (χ0v) is 10.2. The van der Waals surface area contributed by atoms with E-state index in [4.69, 9.17) is 0 Å². The largest absolute Gasteiger partial charge is 0.0911 e. The molecule has 66 valence electrons. The molecular weight excluding hydrogens is 292 g/mol. The van der Waals surface area contributed by atoms with Crippen molar-refractivity contribution in [1.29, 1.82) is 0 Å². The van der Waals surface area contributed by atoms with E-state index in [0.717, 1.165) is 15.4 Å². The third kappa shape index (κ3) is 1.53. The van der Waals surface area contributed by atoms with E-state index in [1.54, 1.807) is 0 Å². The van der Waals surface area contributed by atoms with E-state index in [2.05, 4.69) is 56.6 Å². The number of hydrogen-bond acceptors (Lipinski definition) is 0. The van der Waals surface area contributed by atoms with E-state index in [1.165, 1.54) is 16.7 Å². The fourth-order valence-electron chi connectivity index (χ4n) is 1.51. The highest BCUT2D eigenvalue weighted by atomic mass is 79.9. The Morgan fingerprint density at radius 2 is 2.00 bits per heavy atom. The summed E-state index contributed by atoms with van der Waals surface area (Å²) < 4.78 is 1.13. The summed E-state index contributed by atoms with van der Waals surface area (Å²) in [6.07, 6.45) is 4.15. The van der Waals surface area contributed by atoms with Gasteiger partial charge in [0.15, 0.2) is 0 Å². The van der Waals surface area contributed by atoms with Gasteiger partial charge >= 0.3 is 0 Å². The highest BCUT2D eigenvalue weighted by molar-refractivity contribution is 9.10. The highest BCUT2D eigenvalue weighted by Gasteiger charge is 2.13. The van der Waals surface area contributed by atoms with E-state index in [9.17, 15) is 0 Å². The van der Waals surface area contributed by atoms with Crippen LogP contribution in [0.25, 0.3) is 11.6 Å². The topological polar surface area (TPSA) is 0 Å². The Balaban J connectivity index is 2.64. The lowest BCUT2D eigenvalue weighted by Crippen LogP contribution is -1.86. The van der Waals surface area contributed by atoms with Crippen molar-refractivity contribution in [3.63, 3.8) is 0 Å². The minimum absolute atomic E-state index is 0.888. The molecule has 0 aliphatic heterocycles. The lowest BCUT2D eigenvalue weighted by molar-refractivity contribution is 1.40. The first-order valence-corrected chi connectivity index (χ1v) is 5.89. The smallest absolute Gasteiger partial charge is 0.0283 e. The first kappa shape index (κ1) is 9.22. The molecule has 0 unspecified atom stereocenters. The molecule has 0 spiro atoms. The van der Waals surface area contributed by atoms with Crippen molar-refractivity contribution in [2.45, 2.75) is 5.33 Å². The minimum Gasteiger partial charge on any atom is -0.0911 e. The molecule has 0 amide bonds. The molecule has 1 aliphatic rings. The summed E-state index contributed by atoms with van der Waals surface area (Å²) >= 11 is 7.01. The molecule has 1 aromatic rings. The van der Waals surface area contributed by atoms with Gasteiger partial charge in [-0.05, 0) is 22.8 Å². The zero-order valence-electron chi connectivity index (χ0n) is 6.98. The lowest BCUT2D eigenvalue weighted by Gasteiger charge is -2.05. The summed E-state index contributed by atoms with van der Waals surface area (Å²) in [7, 11) is 0. The van der Waals surface area contributed by atoms with Crippen LogP contribution in [-0.2, 0) is 5.33 Å². The molecule has 0 radical (unpaired) electrons. The van der Waals surface area contributed by atoms with Gasteiger partial charge in [0.1, 0.15) is 0 Å². The van der Waals surface area contributed by atoms with Gasteiger partial charge in [-0.1, -0.05) is 56.7 Å². The van der Waals surface area contributed by atoms with Gasteiger partial charge in [0, 0.05) is 15.4 Å². The van der Waals surface area contributed by atoms with Crippen LogP contribution >= 0.6 is 31.9 Å². The van der Waals surface area contributed by atoms with Crippen LogP contribution in [0.1, 0.15) is 16.7 Å². The van der Waals surface area contributed by atoms with Gasteiger partial charge in [-0.3, -0.25) is 0 Å². The molecule has 0 atom stereocenters. The van der Waals surface area contributed by atoms with Gasteiger partial charge in [-0.15, -0.1) is 0 Å². The van der Waals surface area contributed by atoms with Crippen molar-refractivity contribution in [3.05, 3.63) is 46.0 Å². The predicted molar refractivity (Wildman–Crippen MR) is 64.8 cm³/mol. The Kier molecular flexibility index (Phi) is 2.43. The number of benzene rings is 1. The number of halogens is 2. The Bertz CT molecular complexity index is 403. The molecule has 2 heteroatoms. The second-order valence-electron chi connectivity index (χ2n) is 3.03. The summed E-state index contributed by atoms with van der Waals surface area (Å²) in [5.41, 5.74) is 4.85. The summed E-state index contributed by atoms with van der Waals surface area (Å²) in [4.78, 5) is 0. The second kappa shape index (κ2) is 3.43. The molecule has 0 N–H and O–H groups in total. The minimum atomic E-state index is 0.888. The van der Waals surface area contributed by atoms with E-state index in [0.29, 0.717) is 0 Å². The molecule has 0 nitrogen and oxygen atoms in total. The van der Waals surface area contributed by atoms with Crippen LogP contribution < -0.4 is 0 Å². The van der Waals surface area contributed by atoms with Crippen molar-refractivity contribution >= 4 is 43.5 Å². The SMILES string of the molecule is C=C1C=Cc2cc(CBr)cc(Br)c21. The third-order valence-corrected chi connectivity index (χ3v) is 3.39. The van der Waals surface area contributed by atoms with Gasteiger partial charge in [-0.25, -0.2) is 0 Å². The molecular formula is C11H8Br2. The number of allylic oxidation sites excluding steroid dienone is 2. The molecule has 1 aromatic carbocycles. The van der Waals surface area contributed by atoms with Crippen molar-refractivity contribution in [3.8, 4) is 0 Å². The summed E-state index contributed by atoms with van der Waals surface area (Å²) in [5, 5.41) is 0.888. The molecule has 0 fully saturated rings. The van der Waals surface area contributed by atoms with Crippen LogP contribution in [0.15, 0.2) is 29.3 Å². The standard InChI is InChI=1S/C11H8Br2/c1-7-2-3-9-4-8(6-12)5-10(13)11(7)9/h2-5H,1,6H2. The predicted octanol–water partition coefficient (Wildman–Crippen LogP) is 4.38. The van der Waals surface area contributed by atoms with Crippen LogP contribution in [0.5, 0.6) is 0 Å². The van der Waals surface area contributed by atoms with E-state index in [-0.39, 0.29) is 0 Å². The average molecular weight is 300 g/mol. The summed E-state index contributed by atoms with van der Waals surface area (Å²) in [5.74, 6) is 0. The van der Waals surface area contributed by atoms with Crippen LogP contribution in [0.2, 0.25) is 0 Å². The number of rotatable bonds is 1. The molecule has 0 saturated heterocycles. The maximum atomic E-state index is 3.98. The molecule has 0 aromatic heterocycles. The molecule has 13 heavy (non-hydrogen) atoms. The Morgan fingerprint density at radius 3 is 2.69 bits per heavy atom. The summed E-state index contributed by atoms with van der Waals surface area (Å²) in [6.45, 7) is 3.98. The van der Waals surface area contributed by atoms with Crippen molar-refractivity contribution in [2.24, 2.45) is 0 Å². The molecule has 2 rings (SSSR count). The normalized spacial score (nSPS) is 13.5. The molecule has 0 heterocycles. The quantitative estimate of drug-likeness (QED) is 0.675. The molecule has 0 bridgehead atoms. The Hall–Kier alpha value is -0.340. The van der Waals surface area contributed by atoms with Crippen molar-refractivity contribution in [2.75, 3.05) is 0 Å². The van der Waals surface area contributed by atoms with E-state index in [1.807, 2.05) is 6.08 Å². The van der Waals surface area contributed by atoms with Gasteiger partial charge in [0.25, 0.3) is 0 Å². The van der Waals surface area contributed by atoms with Gasteiger partial charge < -0.3 is 0 Å². The van der Waals surface area contributed by atoms with Crippen molar-refractivity contribution in [1.82, 2.24) is 0 Å². The fourth-order valence-corrected chi connectivity index (χ4v) is 2.61. The van der Waals surface area contributed by atoms with Gasteiger partial charge in [-0.2, -0.15) is 0 Å². The first-order valence-electron chi connectivity index (χ1n) is 3.98. The van der Waals surface area contributed by atoms with Crippen LogP contribution in [0.4, 0.5) is 0 Å². The van der Waals surface area contributed by atoms with E-state index < -0.39 is 0 Å².